The van der Waals surface area contributed by atoms with Crippen molar-refractivity contribution in [3.63, 3.8) is 0 Å². The Balaban J connectivity index is 1.87. The average Bonchev–Trinajstić information content (AvgIpc) is 3.08. The van der Waals surface area contributed by atoms with E-state index in [0.717, 1.165) is 28.7 Å². The highest BCUT2D eigenvalue weighted by Gasteiger charge is 2.23. The minimum Gasteiger partial charge on any atom is -0.340 e. The van der Waals surface area contributed by atoms with E-state index in [1.165, 1.54) is 22.9 Å². The van der Waals surface area contributed by atoms with Crippen LogP contribution in [-0.4, -0.2) is 15.6 Å². The van der Waals surface area contributed by atoms with Crippen LogP contribution in [0.25, 0.3) is 17.0 Å². The number of thioether (sulfide) groups is 1. The molecule has 1 saturated heterocycles. The van der Waals surface area contributed by atoms with Crippen LogP contribution in [0.2, 0.25) is 0 Å². The predicted molar refractivity (Wildman–Crippen MR) is 108 cm³/mol. The molecule has 3 aromatic rings. The fraction of sp³-hybridized carbons (Fsp3) is 0.143. The van der Waals surface area contributed by atoms with Crippen molar-refractivity contribution in [1.29, 1.82) is 5.41 Å². The molecule has 1 amide bonds. The summed E-state index contributed by atoms with van der Waals surface area (Å²) in [5.41, 5.74) is 5.86. The van der Waals surface area contributed by atoms with Gasteiger partial charge in [0, 0.05) is 28.7 Å². The van der Waals surface area contributed by atoms with Crippen molar-refractivity contribution in [3.8, 4) is 0 Å². The number of rotatable bonds is 3. The second-order valence-electron chi connectivity index (χ2n) is 6.42. The molecule has 0 atom stereocenters. The fourth-order valence-electron chi connectivity index (χ4n) is 3.37. The predicted octanol–water partition coefficient (Wildman–Crippen LogP) is 4.45. The summed E-state index contributed by atoms with van der Waals surface area (Å²) in [4.78, 5) is 12.6. The van der Waals surface area contributed by atoms with Gasteiger partial charge in [-0.25, -0.2) is 0 Å². The Morgan fingerprint density at radius 2 is 1.85 bits per heavy atom. The first-order valence-corrected chi connectivity index (χ1v) is 9.28. The number of amidine groups is 1. The summed E-state index contributed by atoms with van der Waals surface area (Å²) in [7, 11) is 0. The maximum atomic E-state index is 12.0. The average molecular weight is 361 g/mol. The highest BCUT2D eigenvalue weighted by Crippen LogP contribution is 2.32. The molecule has 0 saturated carbocycles. The zero-order chi connectivity index (χ0) is 18.3. The Morgan fingerprint density at radius 3 is 2.58 bits per heavy atom. The first-order valence-electron chi connectivity index (χ1n) is 8.46. The Hall–Kier alpha value is -2.79. The molecule has 0 radical (unpaired) electrons. The summed E-state index contributed by atoms with van der Waals surface area (Å²) < 4.78 is 2.30. The molecule has 5 heteroatoms. The highest BCUT2D eigenvalue weighted by molar-refractivity contribution is 8.18. The molecule has 0 bridgehead atoms. The molecule has 1 aliphatic rings. The Labute approximate surface area is 156 Å². The van der Waals surface area contributed by atoms with E-state index in [9.17, 15) is 4.79 Å². The van der Waals surface area contributed by atoms with Crippen molar-refractivity contribution in [2.45, 2.75) is 20.4 Å². The third kappa shape index (κ3) is 2.84. The van der Waals surface area contributed by atoms with Gasteiger partial charge in [-0.2, -0.15) is 0 Å². The molecular formula is C21H19N3OS. The fourth-order valence-corrected chi connectivity index (χ4v) is 4.06. The lowest BCUT2D eigenvalue weighted by molar-refractivity contribution is -0.115. The molecule has 4 rings (SSSR count). The van der Waals surface area contributed by atoms with Gasteiger partial charge in [0.1, 0.15) is 0 Å². The van der Waals surface area contributed by atoms with Gasteiger partial charge < -0.3 is 9.88 Å². The number of aromatic nitrogens is 1. The monoisotopic (exact) mass is 361 g/mol. The van der Waals surface area contributed by atoms with E-state index in [0.29, 0.717) is 4.91 Å². The zero-order valence-corrected chi connectivity index (χ0v) is 15.5. The number of hydrogen-bond donors (Lipinski definition) is 2. The van der Waals surface area contributed by atoms with Crippen LogP contribution in [-0.2, 0) is 11.3 Å². The van der Waals surface area contributed by atoms with Gasteiger partial charge in [-0.1, -0.05) is 42.5 Å². The number of carbonyl (C=O) groups is 1. The summed E-state index contributed by atoms with van der Waals surface area (Å²) in [5.74, 6) is -0.199. The molecule has 2 heterocycles. The number of hydrogen-bond acceptors (Lipinski definition) is 3. The number of fused-ring (bicyclic) bond motifs is 1. The lowest BCUT2D eigenvalue weighted by Crippen LogP contribution is -2.18. The molecule has 130 valence electrons. The van der Waals surface area contributed by atoms with Gasteiger partial charge >= 0.3 is 0 Å². The van der Waals surface area contributed by atoms with E-state index in [-0.39, 0.29) is 11.1 Å². The van der Waals surface area contributed by atoms with E-state index in [1.54, 1.807) is 0 Å². The molecule has 2 aromatic carbocycles. The van der Waals surface area contributed by atoms with Crippen LogP contribution in [0.3, 0.4) is 0 Å². The summed E-state index contributed by atoms with van der Waals surface area (Å²) in [6.07, 6.45) is 1.91. The molecule has 1 fully saturated rings. The molecular weight excluding hydrogens is 342 g/mol. The van der Waals surface area contributed by atoms with Crippen molar-refractivity contribution < 1.29 is 4.79 Å². The van der Waals surface area contributed by atoms with Gasteiger partial charge in [-0.05, 0) is 48.9 Å². The second kappa shape index (κ2) is 6.50. The van der Waals surface area contributed by atoms with Crippen molar-refractivity contribution in [2.24, 2.45) is 0 Å². The molecule has 1 aromatic heterocycles. The number of amides is 1. The number of nitrogens with one attached hydrogen (secondary N) is 2. The van der Waals surface area contributed by atoms with Crippen LogP contribution in [0, 0.1) is 19.3 Å². The first-order chi connectivity index (χ1) is 12.5. The standard InChI is InChI=1S/C21H19N3OS/c1-13-7-3-4-8-15(13)12-24-14(2)17(16-9-5-6-10-18(16)24)11-19-20(25)23-21(22)26-19/h3-11H,12H2,1-2H3,(H2,22,23,25)/b19-11-. The molecule has 0 unspecified atom stereocenters. The summed E-state index contributed by atoms with van der Waals surface area (Å²) in [5, 5.41) is 11.5. The van der Waals surface area contributed by atoms with Gasteiger partial charge in [0.15, 0.2) is 5.17 Å². The Morgan fingerprint density at radius 1 is 1.12 bits per heavy atom. The van der Waals surface area contributed by atoms with Crippen LogP contribution in [0.5, 0.6) is 0 Å². The highest BCUT2D eigenvalue weighted by atomic mass is 32.2. The molecule has 1 aliphatic heterocycles. The van der Waals surface area contributed by atoms with Gasteiger partial charge in [0.25, 0.3) is 5.91 Å². The van der Waals surface area contributed by atoms with Crippen molar-refractivity contribution in [1.82, 2.24) is 9.88 Å². The van der Waals surface area contributed by atoms with Crippen LogP contribution in [0.15, 0.2) is 53.4 Å². The zero-order valence-electron chi connectivity index (χ0n) is 14.7. The van der Waals surface area contributed by atoms with Crippen LogP contribution in [0.4, 0.5) is 0 Å². The SMILES string of the molecule is Cc1ccccc1Cn1c(C)c(/C=C2\SC(=N)NC2=O)c2ccccc21. The van der Waals surface area contributed by atoms with Crippen molar-refractivity contribution in [2.75, 3.05) is 0 Å². The van der Waals surface area contributed by atoms with Gasteiger partial charge in [0.2, 0.25) is 0 Å². The van der Waals surface area contributed by atoms with Crippen molar-refractivity contribution in [3.05, 3.63) is 75.8 Å². The Kier molecular flexibility index (Phi) is 4.17. The number of carbonyl (C=O) groups excluding carboxylic acids is 1. The first kappa shape index (κ1) is 16.7. The minimum atomic E-state index is -0.199. The number of para-hydroxylation sites is 1. The van der Waals surface area contributed by atoms with E-state index in [4.69, 9.17) is 5.41 Å². The largest absolute Gasteiger partial charge is 0.340 e. The third-order valence-corrected chi connectivity index (χ3v) is 5.64. The van der Waals surface area contributed by atoms with Gasteiger partial charge in [0.05, 0.1) is 4.91 Å². The molecule has 26 heavy (non-hydrogen) atoms. The lowest BCUT2D eigenvalue weighted by atomic mass is 10.1. The van der Waals surface area contributed by atoms with E-state index in [2.05, 4.69) is 60.1 Å². The maximum Gasteiger partial charge on any atom is 0.264 e. The van der Waals surface area contributed by atoms with Crippen LogP contribution >= 0.6 is 11.8 Å². The van der Waals surface area contributed by atoms with E-state index < -0.39 is 0 Å². The second-order valence-corrected chi connectivity index (χ2v) is 7.47. The molecule has 4 nitrogen and oxygen atoms in total. The quantitative estimate of drug-likeness (QED) is 0.677. The van der Waals surface area contributed by atoms with Gasteiger partial charge in [-0.15, -0.1) is 0 Å². The number of aryl methyl sites for hydroxylation is 1. The third-order valence-electron chi connectivity index (χ3n) is 4.81. The summed E-state index contributed by atoms with van der Waals surface area (Å²) in [6, 6.07) is 16.7. The van der Waals surface area contributed by atoms with Crippen LogP contribution < -0.4 is 5.32 Å². The summed E-state index contributed by atoms with van der Waals surface area (Å²) in [6.45, 7) is 5.01. The smallest absolute Gasteiger partial charge is 0.264 e. The molecule has 0 aliphatic carbocycles. The normalized spacial score (nSPS) is 15.8. The van der Waals surface area contributed by atoms with Gasteiger partial charge in [-0.3, -0.25) is 10.2 Å². The Bertz CT molecular complexity index is 1080. The summed E-state index contributed by atoms with van der Waals surface area (Å²) >= 11 is 1.18. The van der Waals surface area contributed by atoms with Crippen LogP contribution in [0.1, 0.15) is 22.4 Å². The number of benzene rings is 2. The van der Waals surface area contributed by atoms with E-state index in [1.807, 2.05) is 18.2 Å². The maximum absolute atomic E-state index is 12.0. The topological polar surface area (TPSA) is 57.9 Å². The molecule has 0 spiro atoms. The molecule has 2 N–H and O–H groups in total. The number of nitrogens with zero attached hydrogens (tertiary/aromatic N) is 1. The van der Waals surface area contributed by atoms with E-state index >= 15 is 0 Å². The van der Waals surface area contributed by atoms with Crippen molar-refractivity contribution >= 4 is 39.8 Å². The lowest BCUT2D eigenvalue weighted by Gasteiger charge is -2.11. The minimum absolute atomic E-state index is 0.183.